The Morgan fingerprint density at radius 2 is 1.95 bits per heavy atom. The number of hydrogen-bond donors (Lipinski definition) is 3. The number of urea groups is 1. The van der Waals surface area contributed by atoms with Crippen LogP contribution in [-0.4, -0.2) is 54.1 Å². The maximum absolute atomic E-state index is 11.5. The zero-order chi connectivity index (χ0) is 15.5. The number of hydrogen-bond acceptors (Lipinski definition) is 4. The van der Waals surface area contributed by atoms with Crippen molar-refractivity contribution in [3.05, 3.63) is 0 Å². The van der Waals surface area contributed by atoms with Gasteiger partial charge in [-0.15, -0.1) is 6.42 Å². The van der Waals surface area contributed by atoms with Crippen LogP contribution in [0.2, 0.25) is 0 Å². The highest BCUT2D eigenvalue weighted by atomic mass is 16.4. The molecule has 0 aromatic heterocycles. The van der Waals surface area contributed by atoms with E-state index in [0.29, 0.717) is 12.5 Å². The molecule has 112 valence electrons. The number of carbonyl (C=O) groups excluding carboxylic acids is 2. The second-order valence-electron chi connectivity index (χ2n) is 4.73. The van der Waals surface area contributed by atoms with Crippen molar-refractivity contribution < 1.29 is 19.5 Å². The molecule has 7 heteroatoms. The molecule has 0 heterocycles. The second-order valence-corrected chi connectivity index (χ2v) is 4.73. The van der Waals surface area contributed by atoms with Gasteiger partial charge in [0.15, 0.2) is 0 Å². The fraction of sp³-hybridized carbons (Fsp3) is 0.615. The summed E-state index contributed by atoms with van der Waals surface area (Å²) in [5.41, 5.74) is 0. The summed E-state index contributed by atoms with van der Waals surface area (Å²) in [6, 6.07) is -0.591. The first kappa shape index (κ1) is 17.9. The highest BCUT2D eigenvalue weighted by molar-refractivity contribution is 5.95. The van der Waals surface area contributed by atoms with Gasteiger partial charge in [0.25, 0.3) is 0 Å². The Balaban J connectivity index is 4.08. The lowest BCUT2D eigenvalue weighted by Gasteiger charge is -2.16. The fourth-order valence-corrected chi connectivity index (χ4v) is 1.38. The number of carbonyl (C=O) groups is 3. The number of imide groups is 1. The zero-order valence-corrected chi connectivity index (χ0v) is 11.8. The summed E-state index contributed by atoms with van der Waals surface area (Å²) < 4.78 is 0. The number of aliphatic carboxylic acids is 1. The zero-order valence-electron chi connectivity index (χ0n) is 11.8. The molecule has 0 radical (unpaired) electrons. The third-order valence-corrected chi connectivity index (χ3v) is 2.30. The maximum atomic E-state index is 11.5. The lowest BCUT2D eigenvalue weighted by molar-refractivity contribution is -0.138. The lowest BCUT2D eigenvalue weighted by atomic mass is 10.1. The normalized spacial score (nSPS) is 10.2. The molecular weight excluding hydrogens is 262 g/mol. The Morgan fingerprint density at radius 1 is 1.30 bits per heavy atom. The van der Waals surface area contributed by atoms with Gasteiger partial charge in [-0.3, -0.25) is 19.8 Å². The van der Waals surface area contributed by atoms with Crippen LogP contribution in [0.3, 0.4) is 0 Å². The highest BCUT2D eigenvalue weighted by Gasteiger charge is 2.14. The second kappa shape index (κ2) is 9.81. The maximum Gasteiger partial charge on any atom is 0.321 e. The Kier molecular flexibility index (Phi) is 8.79. The van der Waals surface area contributed by atoms with Gasteiger partial charge in [0.05, 0.1) is 19.6 Å². The lowest BCUT2D eigenvalue weighted by Crippen LogP contribution is -2.45. The number of nitrogens with one attached hydrogen (secondary N) is 2. The van der Waals surface area contributed by atoms with Crippen LogP contribution >= 0.6 is 0 Å². The highest BCUT2D eigenvalue weighted by Crippen LogP contribution is 1.95. The number of carboxylic acid groups (broad SMARTS) is 1. The Morgan fingerprint density at radius 3 is 2.45 bits per heavy atom. The molecule has 0 saturated heterocycles. The number of carboxylic acids is 1. The number of amides is 3. The van der Waals surface area contributed by atoms with Crippen molar-refractivity contribution in [1.29, 1.82) is 0 Å². The quantitative estimate of drug-likeness (QED) is 0.539. The van der Waals surface area contributed by atoms with E-state index in [-0.39, 0.29) is 19.6 Å². The van der Waals surface area contributed by atoms with Crippen LogP contribution in [0.4, 0.5) is 4.79 Å². The van der Waals surface area contributed by atoms with Crippen LogP contribution in [0.5, 0.6) is 0 Å². The van der Waals surface area contributed by atoms with Crippen LogP contribution < -0.4 is 10.6 Å². The minimum absolute atomic E-state index is 0.0225. The molecule has 0 aromatic rings. The predicted octanol–water partition coefficient (Wildman–Crippen LogP) is -0.122. The van der Waals surface area contributed by atoms with Crippen molar-refractivity contribution in [3.8, 4) is 12.3 Å². The molecule has 0 rings (SSSR count). The van der Waals surface area contributed by atoms with E-state index in [1.165, 1.54) is 4.90 Å². The van der Waals surface area contributed by atoms with Gasteiger partial charge in [-0.1, -0.05) is 19.8 Å². The molecule has 0 aliphatic carbocycles. The summed E-state index contributed by atoms with van der Waals surface area (Å²) in [5, 5.41) is 13.3. The van der Waals surface area contributed by atoms with Crippen LogP contribution in [0.25, 0.3) is 0 Å². The molecule has 0 aliphatic rings. The van der Waals surface area contributed by atoms with E-state index < -0.39 is 17.9 Å². The van der Waals surface area contributed by atoms with Crippen molar-refractivity contribution in [2.45, 2.75) is 20.3 Å². The van der Waals surface area contributed by atoms with Crippen LogP contribution in [-0.2, 0) is 9.59 Å². The third kappa shape index (κ3) is 9.91. The molecule has 0 unspecified atom stereocenters. The number of rotatable bonds is 8. The molecule has 0 bridgehead atoms. The summed E-state index contributed by atoms with van der Waals surface area (Å²) in [4.78, 5) is 34.7. The van der Waals surface area contributed by atoms with Crippen molar-refractivity contribution >= 4 is 17.9 Å². The van der Waals surface area contributed by atoms with Gasteiger partial charge in [0.2, 0.25) is 5.91 Å². The summed E-state index contributed by atoms with van der Waals surface area (Å²) in [6.07, 6.45) is 5.89. The molecule has 3 N–H and O–H groups in total. The van der Waals surface area contributed by atoms with E-state index in [2.05, 4.69) is 16.6 Å². The average Bonchev–Trinajstić information content (AvgIpc) is 2.27. The molecule has 7 nitrogen and oxygen atoms in total. The minimum atomic E-state index is -1.09. The molecule has 0 atom stereocenters. The summed E-state index contributed by atoms with van der Waals surface area (Å²) >= 11 is 0. The van der Waals surface area contributed by atoms with E-state index in [1.54, 1.807) is 0 Å². The number of terminal acetylenes is 1. The van der Waals surface area contributed by atoms with Gasteiger partial charge >= 0.3 is 12.0 Å². The summed E-state index contributed by atoms with van der Waals surface area (Å²) in [7, 11) is 0. The van der Waals surface area contributed by atoms with Crippen molar-refractivity contribution in [3.63, 3.8) is 0 Å². The molecular formula is C13H21N3O4. The largest absolute Gasteiger partial charge is 0.480 e. The molecule has 20 heavy (non-hydrogen) atoms. The monoisotopic (exact) mass is 283 g/mol. The molecule has 0 fully saturated rings. The first-order valence-electron chi connectivity index (χ1n) is 6.30. The Bertz CT molecular complexity index is 388. The Hall–Kier alpha value is -2.07. The first-order valence-corrected chi connectivity index (χ1v) is 6.30. The first-order chi connectivity index (χ1) is 9.35. The molecule has 0 spiro atoms. The smallest absolute Gasteiger partial charge is 0.321 e. The minimum Gasteiger partial charge on any atom is -0.480 e. The number of nitrogens with zero attached hydrogens (tertiary/aromatic N) is 1. The third-order valence-electron chi connectivity index (χ3n) is 2.30. The molecule has 0 saturated carbocycles. The standard InChI is InChI=1S/C13H21N3O4/c1-4-7-16(9-12(18)19)8-11(17)15-13(20)14-6-5-10(2)3/h1,10H,5-9H2,2-3H3,(H,18,19)(H2,14,15,17,20). The van der Waals surface area contributed by atoms with Gasteiger partial charge in [-0.05, 0) is 12.3 Å². The van der Waals surface area contributed by atoms with E-state index in [1.807, 2.05) is 13.8 Å². The Labute approximate surface area is 118 Å². The summed E-state index contributed by atoms with van der Waals surface area (Å²) in [5.74, 6) is 1.03. The molecule has 0 aromatic carbocycles. The van der Waals surface area contributed by atoms with Crippen LogP contribution in [0.15, 0.2) is 0 Å². The van der Waals surface area contributed by atoms with Crippen LogP contribution in [0, 0.1) is 18.3 Å². The van der Waals surface area contributed by atoms with Gasteiger partial charge in [0.1, 0.15) is 0 Å². The van der Waals surface area contributed by atoms with Crippen molar-refractivity contribution in [2.24, 2.45) is 5.92 Å². The fourth-order valence-electron chi connectivity index (χ4n) is 1.38. The van der Waals surface area contributed by atoms with Crippen molar-refractivity contribution in [2.75, 3.05) is 26.2 Å². The van der Waals surface area contributed by atoms with E-state index >= 15 is 0 Å². The topological polar surface area (TPSA) is 98.7 Å². The van der Waals surface area contributed by atoms with E-state index in [0.717, 1.165) is 6.42 Å². The average molecular weight is 283 g/mol. The predicted molar refractivity (Wildman–Crippen MR) is 73.9 cm³/mol. The van der Waals surface area contributed by atoms with Gasteiger partial charge in [-0.2, -0.15) is 0 Å². The van der Waals surface area contributed by atoms with Gasteiger partial charge in [-0.25, -0.2) is 4.79 Å². The van der Waals surface area contributed by atoms with E-state index in [9.17, 15) is 14.4 Å². The van der Waals surface area contributed by atoms with E-state index in [4.69, 9.17) is 11.5 Å². The SMILES string of the molecule is C#CCN(CC(=O)O)CC(=O)NC(=O)NCCC(C)C. The van der Waals surface area contributed by atoms with Gasteiger partial charge in [0, 0.05) is 6.54 Å². The van der Waals surface area contributed by atoms with Gasteiger partial charge < -0.3 is 10.4 Å². The summed E-state index contributed by atoms with van der Waals surface area (Å²) in [6.45, 7) is 3.94. The molecule has 3 amide bonds. The molecule has 0 aliphatic heterocycles. The van der Waals surface area contributed by atoms with Crippen molar-refractivity contribution in [1.82, 2.24) is 15.5 Å². The van der Waals surface area contributed by atoms with Crippen LogP contribution in [0.1, 0.15) is 20.3 Å².